The number of aromatic nitrogens is 2. The highest BCUT2D eigenvalue weighted by molar-refractivity contribution is 7.89. The topological polar surface area (TPSA) is 111 Å². The normalized spacial score (nSPS) is 11.7. The maximum atomic E-state index is 12.3. The molecule has 0 atom stereocenters. The largest absolute Gasteiger partial charge is 0.398 e. The van der Waals surface area contributed by atoms with Crippen LogP contribution in [0.15, 0.2) is 27.9 Å². The second kappa shape index (κ2) is 5.59. The quantitative estimate of drug-likeness (QED) is 0.789. The van der Waals surface area contributed by atoms with Crippen molar-refractivity contribution in [2.24, 2.45) is 0 Å². The first-order chi connectivity index (χ1) is 9.42. The summed E-state index contributed by atoms with van der Waals surface area (Å²) in [5, 5.41) is 3.62. The van der Waals surface area contributed by atoms with E-state index in [4.69, 9.17) is 5.73 Å². The van der Waals surface area contributed by atoms with E-state index in [1.165, 1.54) is 6.39 Å². The molecule has 0 aliphatic rings. The van der Waals surface area contributed by atoms with Gasteiger partial charge in [-0.05, 0) is 31.0 Å². The number of nitrogens with zero attached hydrogens (tertiary/aromatic N) is 2. The van der Waals surface area contributed by atoms with Gasteiger partial charge in [0.1, 0.15) is 0 Å². The van der Waals surface area contributed by atoms with Gasteiger partial charge in [-0.25, -0.2) is 13.1 Å². The van der Waals surface area contributed by atoms with Gasteiger partial charge >= 0.3 is 0 Å². The van der Waals surface area contributed by atoms with Gasteiger partial charge in [0.2, 0.25) is 16.4 Å². The van der Waals surface area contributed by atoms with Crippen molar-refractivity contribution < 1.29 is 12.9 Å². The molecular weight excluding hydrogens is 280 g/mol. The van der Waals surface area contributed by atoms with E-state index in [1.54, 1.807) is 26.0 Å². The van der Waals surface area contributed by atoms with Crippen LogP contribution in [0.1, 0.15) is 17.0 Å². The zero-order valence-electron chi connectivity index (χ0n) is 11.3. The van der Waals surface area contributed by atoms with Crippen molar-refractivity contribution >= 4 is 15.7 Å². The van der Waals surface area contributed by atoms with E-state index in [-0.39, 0.29) is 11.4 Å². The van der Waals surface area contributed by atoms with Gasteiger partial charge in [-0.1, -0.05) is 11.2 Å². The van der Waals surface area contributed by atoms with Gasteiger partial charge in [-0.3, -0.25) is 0 Å². The van der Waals surface area contributed by atoms with Gasteiger partial charge in [0, 0.05) is 18.7 Å². The van der Waals surface area contributed by atoms with Crippen molar-refractivity contribution in [3.63, 3.8) is 0 Å². The molecule has 1 heterocycles. The van der Waals surface area contributed by atoms with Gasteiger partial charge in [0.25, 0.3) is 0 Å². The SMILES string of the molecule is Cc1ccc(N)c(C)c1S(=O)(=O)NCCc1ncon1. The zero-order valence-corrected chi connectivity index (χ0v) is 12.1. The number of rotatable bonds is 5. The molecule has 7 nitrogen and oxygen atoms in total. The summed E-state index contributed by atoms with van der Waals surface area (Å²) in [4.78, 5) is 4.05. The van der Waals surface area contributed by atoms with Crippen LogP contribution in [-0.2, 0) is 16.4 Å². The molecule has 0 spiro atoms. The van der Waals surface area contributed by atoms with Crippen LogP contribution < -0.4 is 10.5 Å². The molecule has 108 valence electrons. The van der Waals surface area contributed by atoms with Gasteiger partial charge in [0.05, 0.1) is 4.90 Å². The number of benzene rings is 1. The molecule has 0 unspecified atom stereocenters. The molecular formula is C12H16N4O3S. The lowest BCUT2D eigenvalue weighted by molar-refractivity contribution is 0.410. The average Bonchev–Trinajstić information content (AvgIpc) is 2.87. The van der Waals surface area contributed by atoms with Gasteiger partial charge in [0.15, 0.2) is 5.82 Å². The zero-order chi connectivity index (χ0) is 14.8. The van der Waals surface area contributed by atoms with E-state index >= 15 is 0 Å². The fraction of sp³-hybridized carbons (Fsp3) is 0.333. The molecule has 0 aliphatic carbocycles. The average molecular weight is 296 g/mol. The minimum Gasteiger partial charge on any atom is -0.398 e. The Bertz CT molecular complexity index is 696. The smallest absolute Gasteiger partial charge is 0.241 e. The minimum absolute atomic E-state index is 0.190. The summed E-state index contributed by atoms with van der Waals surface area (Å²) in [6.45, 7) is 3.62. The summed E-state index contributed by atoms with van der Waals surface area (Å²) in [5.74, 6) is 0.453. The molecule has 2 aromatic rings. The molecule has 0 amide bonds. The van der Waals surface area contributed by atoms with Gasteiger partial charge < -0.3 is 10.3 Å². The van der Waals surface area contributed by atoms with Crippen molar-refractivity contribution in [2.45, 2.75) is 25.2 Å². The number of nitrogens with two attached hydrogens (primary N) is 1. The third-order valence-electron chi connectivity index (χ3n) is 2.96. The Morgan fingerprint density at radius 1 is 1.35 bits per heavy atom. The maximum Gasteiger partial charge on any atom is 0.241 e. The van der Waals surface area contributed by atoms with Crippen LogP contribution in [0.5, 0.6) is 0 Å². The molecule has 2 rings (SSSR count). The summed E-state index contributed by atoms with van der Waals surface area (Å²) < 4.78 is 31.7. The number of nitrogen functional groups attached to an aromatic ring is 1. The van der Waals surface area contributed by atoms with Crippen LogP contribution in [-0.4, -0.2) is 25.1 Å². The van der Waals surface area contributed by atoms with E-state index in [2.05, 4.69) is 19.4 Å². The van der Waals surface area contributed by atoms with Crippen molar-refractivity contribution in [3.05, 3.63) is 35.5 Å². The third-order valence-corrected chi connectivity index (χ3v) is 4.71. The van der Waals surface area contributed by atoms with Crippen LogP contribution >= 0.6 is 0 Å². The van der Waals surface area contributed by atoms with E-state index in [0.29, 0.717) is 29.1 Å². The standard InChI is InChI=1S/C12H16N4O3S/c1-8-3-4-10(13)9(2)12(8)20(17,18)15-6-5-11-14-7-19-16-11/h3-4,7,15H,5-6,13H2,1-2H3. The van der Waals surface area contributed by atoms with Gasteiger partial charge in [-0.15, -0.1) is 0 Å². The lowest BCUT2D eigenvalue weighted by Gasteiger charge is -2.13. The van der Waals surface area contributed by atoms with Crippen molar-refractivity contribution in [3.8, 4) is 0 Å². The Hall–Kier alpha value is -1.93. The summed E-state index contributed by atoms with van der Waals surface area (Å²) in [6.07, 6.45) is 1.56. The van der Waals surface area contributed by atoms with Crippen LogP contribution in [0.25, 0.3) is 0 Å². The highest BCUT2D eigenvalue weighted by Gasteiger charge is 2.20. The Kier molecular flexibility index (Phi) is 4.05. The van der Waals surface area contributed by atoms with Crippen LogP contribution in [0.3, 0.4) is 0 Å². The molecule has 0 fully saturated rings. The molecule has 0 saturated heterocycles. The molecule has 1 aromatic carbocycles. The van der Waals surface area contributed by atoms with Gasteiger partial charge in [-0.2, -0.15) is 4.98 Å². The summed E-state index contributed by atoms with van der Waals surface area (Å²) >= 11 is 0. The number of nitrogens with one attached hydrogen (secondary N) is 1. The number of hydrogen-bond donors (Lipinski definition) is 2. The summed E-state index contributed by atoms with van der Waals surface area (Å²) in [7, 11) is -3.61. The first-order valence-electron chi connectivity index (χ1n) is 6.02. The molecule has 0 bridgehead atoms. The summed E-state index contributed by atoms with van der Waals surface area (Å²) in [6, 6.07) is 3.39. The van der Waals surface area contributed by atoms with Crippen LogP contribution in [0, 0.1) is 13.8 Å². The molecule has 0 saturated carbocycles. The lowest BCUT2D eigenvalue weighted by Crippen LogP contribution is -2.27. The van der Waals surface area contributed by atoms with E-state index < -0.39 is 10.0 Å². The maximum absolute atomic E-state index is 12.3. The Labute approximate surface area is 117 Å². The van der Waals surface area contributed by atoms with Crippen molar-refractivity contribution in [1.82, 2.24) is 14.9 Å². The first-order valence-corrected chi connectivity index (χ1v) is 7.50. The molecule has 8 heteroatoms. The molecule has 20 heavy (non-hydrogen) atoms. The summed E-state index contributed by atoms with van der Waals surface area (Å²) in [5.41, 5.74) is 7.43. The Morgan fingerprint density at radius 3 is 2.75 bits per heavy atom. The Balaban J connectivity index is 2.16. The molecule has 3 N–H and O–H groups in total. The Morgan fingerprint density at radius 2 is 2.10 bits per heavy atom. The van der Waals surface area contributed by atoms with E-state index in [0.717, 1.165) is 0 Å². The van der Waals surface area contributed by atoms with E-state index in [1.807, 2.05) is 0 Å². The van der Waals surface area contributed by atoms with Crippen LogP contribution in [0.4, 0.5) is 5.69 Å². The second-order valence-corrected chi connectivity index (χ2v) is 6.12. The number of hydrogen-bond acceptors (Lipinski definition) is 6. The van der Waals surface area contributed by atoms with Crippen LogP contribution in [0.2, 0.25) is 0 Å². The highest BCUT2D eigenvalue weighted by Crippen LogP contribution is 2.24. The number of sulfonamides is 1. The first kappa shape index (κ1) is 14.5. The highest BCUT2D eigenvalue weighted by atomic mass is 32.2. The van der Waals surface area contributed by atoms with E-state index in [9.17, 15) is 8.42 Å². The molecule has 0 radical (unpaired) electrons. The predicted molar refractivity (Wildman–Crippen MR) is 73.5 cm³/mol. The third kappa shape index (κ3) is 2.97. The minimum atomic E-state index is -3.61. The lowest BCUT2D eigenvalue weighted by atomic mass is 10.1. The van der Waals surface area contributed by atoms with Crippen molar-refractivity contribution in [1.29, 1.82) is 0 Å². The fourth-order valence-electron chi connectivity index (χ4n) is 1.93. The second-order valence-electron chi connectivity index (χ2n) is 4.42. The molecule has 1 aromatic heterocycles. The molecule has 0 aliphatic heterocycles. The fourth-order valence-corrected chi connectivity index (χ4v) is 3.46. The monoisotopic (exact) mass is 296 g/mol. The number of aryl methyl sites for hydroxylation is 1. The predicted octanol–water partition coefficient (Wildman–Crippen LogP) is 0.790. The number of anilines is 1. The van der Waals surface area contributed by atoms with Crippen molar-refractivity contribution in [2.75, 3.05) is 12.3 Å².